The van der Waals surface area contributed by atoms with Crippen LogP contribution in [0.4, 0.5) is 0 Å². The van der Waals surface area contributed by atoms with Crippen molar-refractivity contribution in [2.45, 2.75) is 40.2 Å². The summed E-state index contributed by atoms with van der Waals surface area (Å²) in [6, 6.07) is 7.34. The van der Waals surface area contributed by atoms with Gasteiger partial charge in [-0.05, 0) is 50.5 Å². The summed E-state index contributed by atoms with van der Waals surface area (Å²) in [6.07, 6.45) is 2.64. The number of benzene rings is 1. The van der Waals surface area contributed by atoms with Crippen LogP contribution >= 0.6 is 0 Å². The number of imidazole rings is 1. The summed E-state index contributed by atoms with van der Waals surface area (Å²) in [5, 5.41) is 0. The van der Waals surface area contributed by atoms with Crippen molar-refractivity contribution in [1.29, 1.82) is 0 Å². The molecule has 23 heavy (non-hydrogen) atoms. The molecule has 1 N–H and O–H groups in total. The van der Waals surface area contributed by atoms with Crippen molar-refractivity contribution in [3.05, 3.63) is 52.2 Å². The highest BCUT2D eigenvalue weighted by molar-refractivity contribution is 5.94. The van der Waals surface area contributed by atoms with Gasteiger partial charge in [0.25, 0.3) is 5.91 Å². The van der Waals surface area contributed by atoms with Crippen LogP contribution in [0.15, 0.2) is 35.3 Å². The van der Waals surface area contributed by atoms with Crippen molar-refractivity contribution in [1.82, 2.24) is 14.5 Å². The lowest BCUT2D eigenvalue weighted by molar-refractivity contribution is 0.0728. The van der Waals surface area contributed by atoms with Gasteiger partial charge in [-0.25, -0.2) is 4.79 Å². The fourth-order valence-corrected chi connectivity index (χ4v) is 2.77. The first-order chi connectivity index (χ1) is 10.8. The van der Waals surface area contributed by atoms with Gasteiger partial charge < -0.3 is 9.88 Å². The van der Waals surface area contributed by atoms with Crippen LogP contribution in [0.25, 0.3) is 5.69 Å². The smallest absolute Gasteiger partial charge is 0.330 e. The predicted molar refractivity (Wildman–Crippen MR) is 92.1 cm³/mol. The van der Waals surface area contributed by atoms with Crippen molar-refractivity contribution in [2.75, 3.05) is 7.05 Å². The number of aromatic amines is 1. The molecule has 5 heteroatoms. The topological polar surface area (TPSA) is 58.1 Å². The van der Waals surface area contributed by atoms with Gasteiger partial charge in [0.1, 0.15) is 0 Å². The van der Waals surface area contributed by atoms with Crippen molar-refractivity contribution < 1.29 is 4.79 Å². The van der Waals surface area contributed by atoms with Gasteiger partial charge in [0, 0.05) is 30.5 Å². The zero-order valence-corrected chi connectivity index (χ0v) is 14.5. The Labute approximate surface area is 136 Å². The van der Waals surface area contributed by atoms with Crippen LogP contribution in [0, 0.1) is 12.8 Å². The van der Waals surface area contributed by atoms with E-state index in [0.717, 1.165) is 17.8 Å². The fraction of sp³-hybridized carbons (Fsp3) is 0.444. The van der Waals surface area contributed by atoms with E-state index in [-0.39, 0.29) is 17.6 Å². The quantitative estimate of drug-likeness (QED) is 0.922. The van der Waals surface area contributed by atoms with E-state index in [2.05, 4.69) is 25.8 Å². The molecule has 2 aromatic rings. The normalized spacial score (nSPS) is 12.4. The number of H-pyrrole nitrogens is 1. The van der Waals surface area contributed by atoms with Crippen molar-refractivity contribution in [3.8, 4) is 5.69 Å². The fourth-order valence-electron chi connectivity index (χ4n) is 2.77. The van der Waals surface area contributed by atoms with E-state index in [1.54, 1.807) is 39.9 Å². The Morgan fingerprint density at radius 1 is 1.22 bits per heavy atom. The van der Waals surface area contributed by atoms with E-state index < -0.39 is 0 Å². The Balaban J connectivity index is 2.19. The second kappa shape index (κ2) is 6.86. The second-order valence-electron chi connectivity index (χ2n) is 6.51. The molecule has 0 radical (unpaired) electrons. The summed E-state index contributed by atoms with van der Waals surface area (Å²) in [7, 11) is 1.84. The van der Waals surface area contributed by atoms with E-state index in [1.807, 2.05) is 14.0 Å². The lowest BCUT2D eigenvalue weighted by atomic mass is 10.0. The number of carbonyl (C=O) groups is 1. The van der Waals surface area contributed by atoms with Crippen LogP contribution in [0.2, 0.25) is 0 Å². The van der Waals surface area contributed by atoms with Crippen molar-refractivity contribution in [3.63, 3.8) is 0 Å². The lowest BCUT2D eigenvalue weighted by Crippen LogP contribution is -2.35. The average molecular weight is 315 g/mol. The van der Waals surface area contributed by atoms with E-state index in [4.69, 9.17) is 0 Å². The largest absolute Gasteiger partial charge is 0.339 e. The molecule has 0 unspecified atom stereocenters. The molecule has 0 aliphatic carbocycles. The molecule has 0 spiro atoms. The zero-order valence-electron chi connectivity index (χ0n) is 14.5. The maximum atomic E-state index is 12.6. The van der Waals surface area contributed by atoms with Crippen molar-refractivity contribution in [2.24, 2.45) is 5.92 Å². The molecule has 1 heterocycles. The van der Waals surface area contributed by atoms with E-state index >= 15 is 0 Å². The predicted octanol–water partition coefficient (Wildman–Crippen LogP) is 2.98. The molecule has 0 saturated heterocycles. The molecule has 2 rings (SSSR count). The Bertz CT molecular complexity index is 725. The number of aromatic nitrogens is 2. The Kier molecular flexibility index (Phi) is 5.08. The number of hydrogen-bond acceptors (Lipinski definition) is 2. The van der Waals surface area contributed by atoms with Crippen LogP contribution in [0.5, 0.6) is 0 Å². The monoisotopic (exact) mass is 315 g/mol. The number of hydrogen-bond donors (Lipinski definition) is 1. The first kappa shape index (κ1) is 17.1. The van der Waals surface area contributed by atoms with Gasteiger partial charge >= 0.3 is 5.69 Å². The summed E-state index contributed by atoms with van der Waals surface area (Å²) in [4.78, 5) is 28.8. The van der Waals surface area contributed by atoms with E-state index in [0.29, 0.717) is 11.5 Å². The maximum Gasteiger partial charge on any atom is 0.330 e. The summed E-state index contributed by atoms with van der Waals surface area (Å²) in [5.74, 6) is 0.550. The molecular formula is C18H25N3O2. The summed E-state index contributed by atoms with van der Waals surface area (Å²) < 4.78 is 1.58. The van der Waals surface area contributed by atoms with Crippen LogP contribution in [0.1, 0.15) is 43.2 Å². The molecule has 0 fully saturated rings. The van der Waals surface area contributed by atoms with Crippen LogP contribution in [-0.2, 0) is 0 Å². The number of aryl methyl sites for hydroxylation is 1. The molecule has 5 nitrogen and oxygen atoms in total. The van der Waals surface area contributed by atoms with Gasteiger partial charge in [-0.15, -0.1) is 0 Å². The van der Waals surface area contributed by atoms with Gasteiger partial charge in [-0.1, -0.05) is 13.8 Å². The highest BCUT2D eigenvalue weighted by Gasteiger charge is 2.18. The highest BCUT2D eigenvalue weighted by atomic mass is 16.2. The Hall–Kier alpha value is -2.30. The molecule has 0 aliphatic heterocycles. The zero-order chi connectivity index (χ0) is 17.1. The van der Waals surface area contributed by atoms with E-state index in [1.165, 1.54) is 0 Å². The first-order valence-electron chi connectivity index (χ1n) is 7.96. The first-order valence-corrected chi connectivity index (χ1v) is 7.96. The molecular weight excluding hydrogens is 290 g/mol. The van der Waals surface area contributed by atoms with Gasteiger partial charge in [0.15, 0.2) is 0 Å². The lowest BCUT2D eigenvalue weighted by Gasteiger charge is -2.26. The second-order valence-corrected chi connectivity index (χ2v) is 6.51. The molecule has 1 aromatic heterocycles. The molecule has 1 amide bonds. The van der Waals surface area contributed by atoms with Gasteiger partial charge in [0.05, 0.1) is 5.69 Å². The van der Waals surface area contributed by atoms with Crippen LogP contribution in [0.3, 0.4) is 0 Å². The minimum absolute atomic E-state index is 0.00263. The standard InChI is InChI=1S/C18H25N3O2/c1-12(2)10-13(3)20(5)17(22)15-6-8-16(9-7-15)21-14(4)11-19-18(21)23/h6-9,11-13H,10H2,1-5H3,(H,19,23)/t13-/m1/s1. The molecule has 0 bridgehead atoms. The number of nitrogens with zero attached hydrogens (tertiary/aromatic N) is 2. The van der Waals surface area contributed by atoms with Gasteiger partial charge in [-0.3, -0.25) is 9.36 Å². The maximum absolute atomic E-state index is 12.6. The van der Waals surface area contributed by atoms with Crippen molar-refractivity contribution >= 4 is 5.91 Å². The minimum atomic E-state index is -0.177. The van der Waals surface area contributed by atoms with Gasteiger partial charge in [0.2, 0.25) is 0 Å². The molecule has 1 aromatic carbocycles. The number of amides is 1. The Morgan fingerprint density at radius 2 is 1.83 bits per heavy atom. The van der Waals surface area contributed by atoms with Crippen LogP contribution < -0.4 is 5.69 Å². The number of nitrogens with one attached hydrogen (secondary N) is 1. The number of carbonyl (C=O) groups excluding carboxylic acids is 1. The average Bonchev–Trinajstić information content (AvgIpc) is 2.84. The SMILES string of the molecule is Cc1c[nH]c(=O)n1-c1ccc(C(=O)N(C)[C@H](C)CC(C)C)cc1. The molecule has 1 atom stereocenters. The minimum Gasteiger partial charge on any atom is -0.339 e. The summed E-state index contributed by atoms with van der Waals surface area (Å²) in [5.41, 5.74) is 2.04. The van der Waals surface area contributed by atoms with Gasteiger partial charge in [-0.2, -0.15) is 0 Å². The van der Waals surface area contributed by atoms with Crippen LogP contribution in [-0.4, -0.2) is 33.4 Å². The summed E-state index contributed by atoms with van der Waals surface area (Å²) >= 11 is 0. The summed E-state index contributed by atoms with van der Waals surface area (Å²) in [6.45, 7) is 8.23. The Morgan fingerprint density at radius 3 is 2.30 bits per heavy atom. The highest BCUT2D eigenvalue weighted by Crippen LogP contribution is 2.15. The third kappa shape index (κ3) is 3.73. The molecule has 0 saturated carbocycles. The number of rotatable bonds is 5. The third-order valence-electron chi connectivity index (χ3n) is 4.13. The third-order valence-corrected chi connectivity index (χ3v) is 4.13. The molecule has 0 aliphatic rings. The molecule has 124 valence electrons. The van der Waals surface area contributed by atoms with E-state index in [9.17, 15) is 9.59 Å².